The minimum Gasteiger partial charge on any atom is -0.304 e. The average Bonchev–Trinajstić information content (AvgIpc) is 2.39. The number of hydrogen-bond donors (Lipinski definition) is 1. The largest absolute Gasteiger partial charge is 0.304 e. The van der Waals surface area contributed by atoms with Crippen LogP contribution in [0, 0.1) is 5.82 Å². The molecule has 0 fully saturated rings. The topological polar surface area (TPSA) is 35.2 Å². The number of halogens is 1. The van der Waals surface area contributed by atoms with Gasteiger partial charge in [0.2, 0.25) is 0 Å². The Bertz CT molecular complexity index is 485. The Labute approximate surface area is 99.8 Å². The van der Waals surface area contributed by atoms with Crippen molar-refractivity contribution in [2.45, 2.75) is 6.42 Å². The van der Waals surface area contributed by atoms with Crippen LogP contribution in [-0.4, -0.2) is 6.61 Å². The molecule has 2 nitrogen and oxygen atoms in total. The first-order chi connectivity index (χ1) is 8.31. The summed E-state index contributed by atoms with van der Waals surface area (Å²) in [7, 11) is 0. The second-order valence-corrected chi connectivity index (χ2v) is 3.80. The Balaban J connectivity index is 2.33. The molecule has 0 spiro atoms. The minimum atomic E-state index is -0.214. The van der Waals surface area contributed by atoms with Crippen LogP contribution in [0.4, 0.5) is 4.39 Å². The van der Waals surface area contributed by atoms with E-state index >= 15 is 0 Å². The second-order valence-electron chi connectivity index (χ2n) is 3.80. The van der Waals surface area contributed by atoms with E-state index in [0.29, 0.717) is 18.6 Å². The van der Waals surface area contributed by atoms with Crippen molar-refractivity contribution >= 4 is 0 Å². The maximum atomic E-state index is 13.7. The van der Waals surface area contributed by atoms with Crippen molar-refractivity contribution in [3.8, 4) is 11.1 Å². The molecule has 0 unspecified atom stereocenters. The maximum absolute atomic E-state index is 13.7. The highest BCUT2D eigenvalue weighted by Gasteiger charge is 2.05. The van der Waals surface area contributed by atoms with Crippen LogP contribution in [-0.2, 0) is 11.3 Å². The molecule has 0 bridgehead atoms. The molecule has 0 aliphatic rings. The molecular formula is C14H14FNO. The number of benzene rings is 2. The van der Waals surface area contributed by atoms with Crippen molar-refractivity contribution in [2.75, 3.05) is 6.61 Å². The fraction of sp³-hybridized carbons (Fsp3) is 0.143. The summed E-state index contributed by atoms with van der Waals surface area (Å²) in [5.74, 6) is 4.77. The predicted octanol–water partition coefficient (Wildman–Crippen LogP) is 2.93. The van der Waals surface area contributed by atoms with Gasteiger partial charge in [0.1, 0.15) is 5.82 Å². The highest BCUT2D eigenvalue weighted by molar-refractivity contribution is 5.64. The van der Waals surface area contributed by atoms with Crippen LogP contribution in [0.1, 0.15) is 5.56 Å². The van der Waals surface area contributed by atoms with E-state index in [2.05, 4.69) is 4.84 Å². The maximum Gasteiger partial charge on any atom is 0.131 e. The molecule has 0 aliphatic carbocycles. The molecule has 0 heterocycles. The Kier molecular flexibility index (Phi) is 3.85. The first-order valence-corrected chi connectivity index (χ1v) is 5.47. The smallest absolute Gasteiger partial charge is 0.131 e. The van der Waals surface area contributed by atoms with Crippen molar-refractivity contribution in [1.29, 1.82) is 0 Å². The van der Waals surface area contributed by atoms with Crippen molar-refractivity contribution in [3.05, 3.63) is 59.9 Å². The van der Waals surface area contributed by atoms with Gasteiger partial charge in [0, 0.05) is 5.56 Å². The van der Waals surface area contributed by atoms with E-state index in [-0.39, 0.29) is 5.82 Å². The molecule has 0 aromatic heterocycles. The highest BCUT2D eigenvalue weighted by Crippen LogP contribution is 2.23. The zero-order valence-electron chi connectivity index (χ0n) is 9.40. The average molecular weight is 231 g/mol. The first kappa shape index (κ1) is 11.8. The molecule has 2 N–H and O–H groups in total. The summed E-state index contributed by atoms with van der Waals surface area (Å²) < 4.78 is 13.7. The van der Waals surface area contributed by atoms with Crippen LogP contribution < -0.4 is 5.90 Å². The standard InChI is InChI=1S/C14H14FNO/c15-14-7-6-11(8-9-17-16)10-13(14)12-4-2-1-3-5-12/h1-7,10H,8-9,16H2. The van der Waals surface area contributed by atoms with Crippen LogP contribution in [0.25, 0.3) is 11.1 Å². The van der Waals surface area contributed by atoms with Crippen LogP contribution in [0.3, 0.4) is 0 Å². The summed E-state index contributed by atoms with van der Waals surface area (Å²) in [4.78, 5) is 4.53. The summed E-state index contributed by atoms with van der Waals surface area (Å²) in [6, 6.07) is 14.5. The molecular weight excluding hydrogens is 217 g/mol. The predicted molar refractivity (Wildman–Crippen MR) is 65.7 cm³/mol. The molecule has 2 rings (SSSR count). The molecule has 2 aromatic carbocycles. The molecule has 17 heavy (non-hydrogen) atoms. The molecule has 0 aliphatic heterocycles. The summed E-state index contributed by atoms with van der Waals surface area (Å²) in [6.45, 7) is 0.430. The van der Waals surface area contributed by atoms with E-state index in [1.54, 1.807) is 6.07 Å². The molecule has 3 heteroatoms. The first-order valence-electron chi connectivity index (χ1n) is 5.47. The van der Waals surface area contributed by atoms with Gasteiger partial charge in [-0.15, -0.1) is 0 Å². The fourth-order valence-corrected chi connectivity index (χ4v) is 1.74. The molecule has 0 atom stereocenters. The molecule has 0 saturated carbocycles. The van der Waals surface area contributed by atoms with Gasteiger partial charge in [-0.1, -0.05) is 36.4 Å². The van der Waals surface area contributed by atoms with Crippen LogP contribution in [0.2, 0.25) is 0 Å². The summed E-state index contributed by atoms with van der Waals surface area (Å²) in [6.07, 6.45) is 0.677. The quantitative estimate of drug-likeness (QED) is 0.821. The minimum absolute atomic E-state index is 0.214. The summed E-state index contributed by atoms with van der Waals surface area (Å²) in [5, 5.41) is 0. The lowest BCUT2D eigenvalue weighted by atomic mass is 10.0. The lowest BCUT2D eigenvalue weighted by Gasteiger charge is -2.06. The third-order valence-corrected chi connectivity index (χ3v) is 2.62. The molecule has 0 radical (unpaired) electrons. The molecule has 88 valence electrons. The van der Waals surface area contributed by atoms with Crippen LogP contribution in [0.5, 0.6) is 0 Å². The Morgan fingerprint density at radius 1 is 1.06 bits per heavy atom. The van der Waals surface area contributed by atoms with Gasteiger partial charge in [-0.25, -0.2) is 10.3 Å². The van der Waals surface area contributed by atoms with Gasteiger partial charge in [0.15, 0.2) is 0 Å². The van der Waals surface area contributed by atoms with Crippen LogP contribution in [0.15, 0.2) is 48.5 Å². The highest BCUT2D eigenvalue weighted by atomic mass is 19.1. The van der Waals surface area contributed by atoms with Gasteiger partial charge in [0.25, 0.3) is 0 Å². The summed E-state index contributed by atoms with van der Waals surface area (Å²) >= 11 is 0. The lowest BCUT2D eigenvalue weighted by molar-refractivity contribution is 0.141. The van der Waals surface area contributed by atoms with E-state index in [1.165, 1.54) is 6.07 Å². The van der Waals surface area contributed by atoms with Gasteiger partial charge in [-0.05, 0) is 29.7 Å². The van der Waals surface area contributed by atoms with Crippen molar-refractivity contribution in [2.24, 2.45) is 5.90 Å². The Morgan fingerprint density at radius 3 is 2.53 bits per heavy atom. The molecule has 0 saturated heterocycles. The normalized spacial score (nSPS) is 10.5. The van der Waals surface area contributed by atoms with Crippen molar-refractivity contribution in [3.63, 3.8) is 0 Å². The van der Waals surface area contributed by atoms with E-state index in [1.807, 2.05) is 36.4 Å². The lowest BCUT2D eigenvalue weighted by Crippen LogP contribution is -2.03. The molecule has 2 aromatic rings. The van der Waals surface area contributed by atoms with Gasteiger partial charge >= 0.3 is 0 Å². The number of nitrogens with two attached hydrogens (primary N) is 1. The number of rotatable bonds is 4. The van der Waals surface area contributed by atoms with Crippen LogP contribution >= 0.6 is 0 Å². The zero-order chi connectivity index (χ0) is 12.1. The third kappa shape index (κ3) is 2.90. The monoisotopic (exact) mass is 231 g/mol. The SMILES string of the molecule is NOCCc1ccc(F)c(-c2ccccc2)c1. The number of hydrogen-bond acceptors (Lipinski definition) is 2. The van der Waals surface area contributed by atoms with Gasteiger partial charge in [-0.3, -0.25) is 0 Å². The second kappa shape index (κ2) is 5.57. The van der Waals surface area contributed by atoms with E-state index in [4.69, 9.17) is 5.90 Å². The third-order valence-electron chi connectivity index (χ3n) is 2.62. The zero-order valence-corrected chi connectivity index (χ0v) is 9.40. The van der Waals surface area contributed by atoms with Gasteiger partial charge in [-0.2, -0.15) is 0 Å². The van der Waals surface area contributed by atoms with E-state index in [0.717, 1.165) is 11.1 Å². The summed E-state index contributed by atoms with van der Waals surface area (Å²) in [5.41, 5.74) is 2.50. The van der Waals surface area contributed by atoms with Crippen molar-refractivity contribution < 1.29 is 9.23 Å². The Hall–Kier alpha value is -1.71. The van der Waals surface area contributed by atoms with E-state index < -0.39 is 0 Å². The molecule has 0 amide bonds. The Morgan fingerprint density at radius 2 is 1.82 bits per heavy atom. The van der Waals surface area contributed by atoms with Gasteiger partial charge < -0.3 is 4.84 Å². The van der Waals surface area contributed by atoms with Gasteiger partial charge in [0.05, 0.1) is 6.61 Å². The van der Waals surface area contributed by atoms with Crippen molar-refractivity contribution in [1.82, 2.24) is 0 Å². The fourth-order valence-electron chi connectivity index (χ4n) is 1.74. The van der Waals surface area contributed by atoms with E-state index in [9.17, 15) is 4.39 Å².